The number of hydrogen-bond donors (Lipinski definition) is 2. The van der Waals surface area contributed by atoms with Crippen LogP contribution in [0.25, 0.3) is 0 Å². The molecule has 0 saturated carbocycles. The Morgan fingerprint density at radius 3 is 2.57 bits per heavy atom. The SMILES string of the molecule is Cc1cc(S(=O)(=O)Nc2ccc(Br)cc2C#N)ccc1N. The number of nitriles is 1. The highest BCUT2D eigenvalue weighted by molar-refractivity contribution is 9.10. The van der Waals surface area contributed by atoms with E-state index in [0.717, 1.165) is 0 Å². The lowest BCUT2D eigenvalue weighted by Crippen LogP contribution is -2.14. The van der Waals surface area contributed by atoms with E-state index in [1.807, 2.05) is 6.07 Å². The van der Waals surface area contributed by atoms with Crippen LogP contribution in [0.5, 0.6) is 0 Å². The molecule has 2 aromatic carbocycles. The van der Waals surface area contributed by atoms with Crippen LogP contribution in [0.3, 0.4) is 0 Å². The average molecular weight is 366 g/mol. The van der Waals surface area contributed by atoms with Crippen molar-refractivity contribution in [2.75, 3.05) is 10.5 Å². The molecule has 0 saturated heterocycles. The van der Waals surface area contributed by atoms with Crippen LogP contribution in [0, 0.1) is 18.3 Å². The molecule has 5 nitrogen and oxygen atoms in total. The van der Waals surface area contributed by atoms with Gasteiger partial charge in [-0.15, -0.1) is 0 Å². The Kier molecular flexibility index (Phi) is 4.21. The molecule has 21 heavy (non-hydrogen) atoms. The molecule has 0 fully saturated rings. The Bertz CT molecular complexity index is 842. The standard InChI is InChI=1S/C14H12BrN3O2S/c1-9-6-12(3-4-13(9)17)21(19,20)18-14-5-2-11(15)7-10(14)8-16/h2-7,18H,17H2,1H3. The first kappa shape index (κ1) is 15.4. The van der Waals surface area contributed by atoms with Crippen LogP contribution in [-0.4, -0.2) is 8.42 Å². The van der Waals surface area contributed by atoms with Gasteiger partial charge in [0, 0.05) is 10.2 Å². The van der Waals surface area contributed by atoms with Crippen LogP contribution in [0.15, 0.2) is 45.8 Å². The first-order chi connectivity index (χ1) is 9.83. The lowest BCUT2D eigenvalue weighted by molar-refractivity contribution is 0.601. The molecule has 3 N–H and O–H groups in total. The first-order valence-electron chi connectivity index (χ1n) is 5.92. The molecule has 0 aliphatic rings. The van der Waals surface area contributed by atoms with Crippen molar-refractivity contribution < 1.29 is 8.42 Å². The third kappa shape index (κ3) is 3.35. The molecule has 7 heteroatoms. The van der Waals surface area contributed by atoms with Crippen molar-refractivity contribution in [3.8, 4) is 6.07 Å². The summed E-state index contributed by atoms with van der Waals surface area (Å²) in [6, 6.07) is 11.1. The van der Waals surface area contributed by atoms with E-state index in [4.69, 9.17) is 11.0 Å². The van der Waals surface area contributed by atoms with Crippen LogP contribution >= 0.6 is 15.9 Å². The van der Waals surface area contributed by atoms with Gasteiger partial charge < -0.3 is 5.73 Å². The average Bonchev–Trinajstić information content (AvgIpc) is 2.43. The quantitative estimate of drug-likeness (QED) is 0.817. The highest BCUT2D eigenvalue weighted by atomic mass is 79.9. The summed E-state index contributed by atoms with van der Waals surface area (Å²) in [6.07, 6.45) is 0. The zero-order chi connectivity index (χ0) is 15.6. The van der Waals surface area contributed by atoms with Crippen LogP contribution in [0.1, 0.15) is 11.1 Å². The lowest BCUT2D eigenvalue weighted by Gasteiger charge is -2.11. The number of hydrogen-bond acceptors (Lipinski definition) is 4. The van der Waals surface area contributed by atoms with Crippen molar-refractivity contribution in [2.24, 2.45) is 0 Å². The van der Waals surface area contributed by atoms with Crippen molar-refractivity contribution >= 4 is 37.3 Å². The van der Waals surface area contributed by atoms with Crippen LogP contribution in [0.2, 0.25) is 0 Å². The van der Waals surface area contributed by atoms with E-state index < -0.39 is 10.0 Å². The minimum Gasteiger partial charge on any atom is -0.399 e. The summed E-state index contributed by atoms with van der Waals surface area (Å²) in [5.74, 6) is 0. The summed E-state index contributed by atoms with van der Waals surface area (Å²) in [4.78, 5) is 0.0982. The number of nitrogens with zero attached hydrogens (tertiary/aromatic N) is 1. The maximum atomic E-state index is 12.3. The summed E-state index contributed by atoms with van der Waals surface area (Å²) in [6.45, 7) is 1.73. The number of rotatable bonds is 3. The molecule has 0 spiro atoms. The van der Waals surface area contributed by atoms with Gasteiger partial charge in [0.05, 0.1) is 16.1 Å². The second-order valence-corrected chi connectivity index (χ2v) is 7.02. The van der Waals surface area contributed by atoms with Gasteiger partial charge in [0.2, 0.25) is 0 Å². The van der Waals surface area contributed by atoms with Crippen molar-refractivity contribution in [3.05, 3.63) is 52.0 Å². The zero-order valence-electron chi connectivity index (χ0n) is 11.1. The number of anilines is 2. The third-order valence-corrected chi connectivity index (χ3v) is 4.75. The van der Waals surface area contributed by atoms with Crippen molar-refractivity contribution in [1.82, 2.24) is 0 Å². The summed E-state index contributed by atoms with van der Waals surface area (Å²) < 4.78 is 27.8. The van der Waals surface area contributed by atoms with E-state index in [9.17, 15) is 8.42 Å². The van der Waals surface area contributed by atoms with Crippen molar-refractivity contribution in [1.29, 1.82) is 5.26 Å². The third-order valence-electron chi connectivity index (χ3n) is 2.90. The molecular weight excluding hydrogens is 354 g/mol. The minimum atomic E-state index is -3.77. The van der Waals surface area contributed by atoms with E-state index in [1.165, 1.54) is 24.3 Å². The number of nitrogen functional groups attached to an aromatic ring is 1. The van der Waals surface area contributed by atoms with Crippen molar-refractivity contribution in [2.45, 2.75) is 11.8 Å². The largest absolute Gasteiger partial charge is 0.399 e. The van der Waals surface area contributed by atoms with Crippen LogP contribution in [-0.2, 0) is 10.0 Å². The fraction of sp³-hybridized carbons (Fsp3) is 0.0714. The van der Waals surface area contributed by atoms with Crippen LogP contribution < -0.4 is 10.5 Å². The maximum Gasteiger partial charge on any atom is 0.261 e. The van der Waals surface area contributed by atoms with Crippen molar-refractivity contribution in [3.63, 3.8) is 0 Å². The number of nitrogens with one attached hydrogen (secondary N) is 1. The van der Waals surface area contributed by atoms with E-state index in [2.05, 4.69) is 20.7 Å². The maximum absolute atomic E-state index is 12.3. The minimum absolute atomic E-state index is 0.0982. The second kappa shape index (κ2) is 5.76. The summed E-state index contributed by atoms with van der Waals surface area (Å²) >= 11 is 3.24. The molecule has 0 aliphatic carbocycles. The van der Waals surface area contributed by atoms with E-state index in [1.54, 1.807) is 19.1 Å². The highest BCUT2D eigenvalue weighted by Crippen LogP contribution is 2.24. The predicted octanol–water partition coefficient (Wildman–Crippen LogP) is 3.01. The predicted molar refractivity (Wildman–Crippen MR) is 85.3 cm³/mol. The molecule has 0 aliphatic heterocycles. The molecule has 0 amide bonds. The summed E-state index contributed by atoms with van der Waals surface area (Å²) in [5.41, 5.74) is 7.35. The topological polar surface area (TPSA) is 96.0 Å². The fourth-order valence-electron chi connectivity index (χ4n) is 1.72. The molecule has 0 bridgehead atoms. The van der Waals surface area contributed by atoms with Gasteiger partial charge in [0.1, 0.15) is 6.07 Å². The molecule has 0 radical (unpaired) electrons. The second-order valence-electron chi connectivity index (χ2n) is 4.43. The normalized spacial score (nSPS) is 10.9. The highest BCUT2D eigenvalue weighted by Gasteiger charge is 2.17. The number of nitrogens with two attached hydrogens (primary N) is 1. The number of halogens is 1. The zero-order valence-corrected chi connectivity index (χ0v) is 13.5. The molecule has 0 atom stereocenters. The van der Waals surface area contributed by atoms with Gasteiger partial charge >= 0.3 is 0 Å². The van der Waals surface area contributed by atoms with Gasteiger partial charge in [-0.05, 0) is 48.9 Å². The number of sulfonamides is 1. The Hall–Kier alpha value is -2.04. The van der Waals surface area contributed by atoms with E-state index in [-0.39, 0.29) is 16.1 Å². The first-order valence-corrected chi connectivity index (χ1v) is 8.20. The smallest absolute Gasteiger partial charge is 0.261 e. The van der Waals surface area contributed by atoms with Gasteiger partial charge in [-0.25, -0.2) is 8.42 Å². The molecule has 108 valence electrons. The molecule has 0 heterocycles. The van der Waals surface area contributed by atoms with E-state index in [0.29, 0.717) is 15.7 Å². The molecular formula is C14H12BrN3O2S. The fourth-order valence-corrected chi connectivity index (χ4v) is 3.24. The molecule has 2 rings (SSSR count). The van der Waals surface area contributed by atoms with Crippen LogP contribution in [0.4, 0.5) is 11.4 Å². The molecule has 0 aromatic heterocycles. The van der Waals surface area contributed by atoms with Gasteiger partial charge in [-0.3, -0.25) is 4.72 Å². The van der Waals surface area contributed by atoms with Gasteiger partial charge in [-0.2, -0.15) is 5.26 Å². The molecule has 0 unspecified atom stereocenters. The number of benzene rings is 2. The van der Waals surface area contributed by atoms with Gasteiger partial charge in [0.25, 0.3) is 10.0 Å². The summed E-state index contributed by atoms with van der Waals surface area (Å²) in [5, 5.41) is 9.07. The lowest BCUT2D eigenvalue weighted by atomic mass is 10.2. The number of aryl methyl sites for hydroxylation is 1. The summed E-state index contributed by atoms with van der Waals surface area (Å²) in [7, 11) is -3.77. The van der Waals surface area contributed by atoms with Gasteiger partial charge in [-0.1, -0.05) is 15.9 Å². The van der Waals surface area contributed by atoms with E-state index >= 15 is 0 Å². The Labute approximate surface area is 131 Å². The Balaban J connectivity index is 2.42. The molecule has 2 aromatic rings. The monoisotopic (exact) mass is 365 g/mol. The Morgan fingerprint density at radius 1 is 1.24 bits per heavy atom. The van der Waals surface area contributed by atoms with Gasteiger partial charge in [0.15, 0.2) is 0 Å². The Morgan fingerprint density at radius 2 is 1.95 bits per heavy atom.